The van der Waals surface area contributed by atoms with Crippen molar-refractivity contribution in [2.75, 3.05) is 13.1 Å². The Balaban J connectivity index is 1.80. The quantitative estimate of drug-likeness (QED) is 0.905. The zero-order chi connectivity index (χ0) is 18.2. The number of carbonyl (C=O) groups is 2. The second-order valence-corrected chi connectivity index (χ2v) is 5.62. The number of hydrogen-bond donors (Lipinski definition) is 1. The number of carboxylic acids is 1. The molecule has 1 aliphatic heterocycles. The molecule has 0 aromatic carbocycles. The molecule has 10 heteroatoms. The van der Waals surface area contributed by atoms with Gasteiger partial charge < -0.3 is 14.5 Å². The molecule has 2 aromatic heterocycles. The maximum atomic E-state index is 13.0. The minimum absolute atomic E-state index is 0.182. The average Bonchev–Trinajstić information content (AvgIpc) is 3.22. The molecule has 1 aliphatic rings. The Morgan fingerprint density at radius 3 is 2.48 bits per heavy atom. The van der Waals surface area contributed by atoms with Gasteiger partial charge in [-0.3, -0.25) is 14.6 Å². The van der Waals surface area contributed by atoms with Crippen LogP contribution in [0.1, 0.15) is 10.5 Å². The molecule has 0 unspecified atom stereocenters. The van der Waals surface area contributed by atoms with Crippen molar-refractivity contribution in [1.29, 1.82) is 0 Å². The normalized spacial score (nSPS) is 20.7. The van der Waals surface area contributed by atoms with E-state index in [4.69, 9.17) is 9.63 Å². The smallest absolute Gasteiger partial charge is 0.394 e. The van der Waals surface area contributed by atoms with Gasteiger partial charge >= 0.3 is 12.1 Å². The number of alkyl halides is 3. The van der Waals surface area contributed by atoms with Crippen LogP contribution < -0.4 is 0 Å². The first-order valence-electron chi connectivity index (χ1n) is 7.23. The fraction of sp³-hybridized carbons (Fsp3) is 0.333. The lowest BCUT2D eigenvalue weighted by Gasteiger charge is -2.17. The summed E-state index contributed by atoms with van der Waals surface area (Å²) >= 11 is 0. The van der Waals surface area contributed by atoms with Crippen molar-refractivity contribution in [2.45, 2.75) is 6.18 Å². The van der Waals surface area contributed by atoms with Gasteiger partial charge in [-0.25, -0.2) is 0 Å². The van der Waals surface area contributed by atoms with Crippen molar-refractivity contribution in [3.05, 3.63) is 36.3 Å². The van der Waals surface area contributed by atoms with Gasteiger partial charge in [-0.2, -0.15) is 13.2 Å². The summed E-state index contributed by atoms with van der Waals surface area (Å²) in [4.78, 5) is 28.1. The number of likely N-dealkylation sites (tertiary alicyclic amines) is 1. The third-order valence-corrected chi connectivity index (χ3v) is 4.04. The number of pyridine rings is 1. The molecule has 1 saturated heterocycles. The molecule has 2 aromatic rings. The number of nitrogens with zero attached hydrogens (tertiary/aromatic N) is 3. The molecule has 3 rings (SSSR count). The Bertz CT molecular complexity index is 791. The minimum Gasteiger partial charge on any atom is -0.481 e. The molecular formula is C15H12F3N3O4. The van der Waals surface area contributed by atoms with Gasteiger partial charge in [0, 0.05) is 37.1 Å². The monoisotopic (exact) mass is 355 g/mol. The van der Waals surface area contributed by atoms with Crippen molar-refractivity contribution >= 4 is 11.9 Å². The van der Waals surface area contributed by atoms with Crippen LogP contribution in [0, 0.1) is 11.8 Å². The molecule has 3 heterocycles. The van der Waals surface area contributed by atoms with Crippen molar-refractivity contribution in [3.8, 4) is 11.3 Å². The molecule has 0 saturated carbocycles. The number of amides is 1. The van der Waals surface area contributed by atoms with Gasteiger partial charge in [0.15, 0.2) is 11.5 Å². The summed E-state index contributed by atoms with van der Waals surface area (Å²) < 4.78 is 44.0. The number of rotatable bonds is 3. The van der Waals surface area contributed by atoms with Crippen LogP contribution in [0.2, 0.25) is 0 Å². The standard InChI is InChI=1S/C15H12F3N3O4/c16-15(17,18)10-7-21(6-9(10)14(23)24)13(22)11-5-12(25-20-11)8-1-3-19-4-2-8/h1-5,9-10H,6-7H2,(H,23,24)/t9-,10-/m1/s1. The van der Waals surface area contributed by atoms with Crippen LogP contribution in [0.15, 0.2) is 35.1 Å². The molecule has 0 spiro atoms. The number of carbonyl (C=O) groups excluding carboxylic acids is 1. The Hall–Kier alpha value is -2.91. The lowest BCUT2D eigenvalue weighted by atomic mass is 9.96. The SMILES string of the molecule is O=C(O)[C@@H]1CN(C(=O)c2cc(-c3ccncc3)on2)C[C@H]1C(F)(F)F. The van der Waals surface area contributed by atoms with Crippen molar-refractivity contribution in [3.63, 3.8) is 0 Å². The maximum absolute atomic E-state index is 13.0. The molecule has 1 fully saturated rings. The van der Waals surface area contributed by atoms with Gasteiger partial charge in [-0.1, -0.05) is 5.16 Å². The summed E-state index contributed by atoms with van der Waals surface area (Å²) in [6.07, 6.45) is -1.69. The van der Waals surface area contributed by atoms with Gasteiger partial charge in [0.2, 0.25) is 0 Å². The van der Waals surface area contributed by atoms with Crippen LogP contribution in [-0.2, 0) is 4.79 Å². The van der Waals surface area contributed by atoms with E-state index in [2.05, 4.69) is 10.1 Å². The maximum Gasteiger partial charge on any atom is 0.394 e. The van der Waals surface area contributed by atoms with Crippen LogP contribution in [-0.4, -0.2) is 51.3 Å². The highest BCUT2D eigenvalue weighted by atomic mass is 19.4. The van der Waals surface area contributed by atoms with E-state index < -0.39 is 43.0 Å². The third-order valence-electron chi connectivity index (χ3n) is 4.04. The molecule has 25 heavy (non-hydrogen) atoms. The first-order chi connectivity index (χ1) is 11.8. The predicted molar refractivity (Wildman–Crippen MR) is 76.3 cm³/mol. The molecule has 132 valence electrons. The van der Waals surface area contributed by atoms with E-state index in [9.17, 15) is 22.8 Å². The molecule has 0 aliphatic carbocycles. The predicted octanol–water partition coefficient (Wildman–Crippen LogP) is 2.07. The Kier molecular flexibility index (Phi) is 4.19. The summed E-state index contributed by atoms with van der Waals surface area (Å²) in [5.41, 5.74) is 0.415. The molecule has 0 bridgehead atoms. The third kappa shape index (κ3) is 3.32. The molecule has 0 radical (unpaired) electrons. The van der Waals surface area contributed by atoms with Gasteiger partial charge in [0.1, 0.15) is 0 Å². The van der Waals surface area contributed by atoms with E-state index in [-0.39, 0.29) is 11.5 Å². The lowest BCUT2D eigenvalue weighted by Crippen LogP contribution is -2.34. The van der Waals surface area contributed by atoms with E-state index in [1.54, 1.807) is 12.1 Å². The second-order valence-electron chi connectivity index (χ2n) is 5.62. The number of carboxylic acid groups (broad SMARTS) is 1. The largest absolute Gasteiger partial charge is 0.481 e. The lowest BCUT2D eigenvalue weighted by molar-refractivity contribution is -0.187. The van der Waals surface area contributed by atoms with Gasteiger partial charge in [-0.15, -0.1) is 0 Å². The zero-order valence-electron chi connectivity index (χ0n) is 12.6. The highest BCUT2D eigenvalue weighted by Crippen LogP contribution is 2.38. The molecule has 7 nitrogen and oxygen atoms in total. The summed E-state index contributed by atoms with van der Waals surface area (Å²) in [6, 6.07) is 4.53. The fourth-order valence-corrected chi connectivity index (χ4v) is 2.74. The van der Waals surface area contributed by atoms with E-state index >= 15 is 0 Å². The highest BCUT2D eigenvalue weighted by molar-refractivity contribution is 5.93. The van der Waals surface area contributed by atoms with E-state index in [1.165, 1.54) is 18.5 Å². The van der Waals surface area contributed by atoms with Crippen LogP contribution >= 0.6 is 0 Å². The molecular weight excluding hydrogens is 343 g/mol. The Labute approximate surface area is 139 Å². The summed E-state index contributed by atoms with van der Waals surface area (Å²) in [7, 11) is 0. The van der Waals surface area contributed by atoms with Crippen molar-refractivity contribution in [1.82, 2.24) is 15.0 Å². The topological polar surface area (TPSA) is 96.5 Å². The van der Waals surface area contributed by atoms with Crippen LogP contribution in [0.5, 0.6) is 0 Å². The highest BCUT2D eigenvalue weighted by Gasteiger charge is 2.53. The van der Waals surface area contributed by atoms with Crippen molar-refractivity contribution in [2.24, 2.45) is 11.8 Å². The molecule has 1 N–H and O–H groups in total. The molecule has 1 amide bonds. The first kappa shape index (κ1) is 16.9. The second kappa shape index (κ2) is 6.19. The van der Waals surface area contributed by atoms with Crippen LogP contribution in [0.4, 0.5) is 13.2 Å². The summed E-state index contributed by atoms with van der Waals surface area (Å²) in [5, 5.41) is 12.6. The van der Waals surface area contributed by atoms with Crippen LogP contribution in [0.3, 0.4) is 0 Å². The summed E-state index contributed by atoms with van der Waals surface area (Å²) in [6.45, 7) is -1.26. The fourth-order valence-electron chi connectivity index (χ4n) is 2.74. The van der Waals surface area contributed by atoms with Gasteiger partial charge in [0.25, 0.3) is 5.91 Å². The Morgan fingerprint density at radius 1 is 1.24 bits per heavy atom. The van der Waals surface area contributed by atoms with E-state index in [0.717, 1.165) is 4.90 Å². The van der Waals surface area contributed by atoms with Crippen molar-refractivity contribution < 1.29 is 32.4 Å². The number of halogens is 3. The van der Waals surface area contributed by atoms with Gasteiger partial charge in [0.05, 0.1) is 11.8 Å². The first-order valence-corrected chi connectivity index (χ1v) is 7.23. The van der Waals surface area contributed by atoms with E-state index in [1.807, 2.05) is 0 Å². The zero-order valence-corrected chi connectivity index (χ0v) is 12.6. The van der Waals surface area contributed by atoms with Crippen LogP contribution in [0.25, 0.3) is 11.3 Å². The number of aliphatic carboxylic acids is 1. The Morgan fingerprint density at radius 2 is 1.92 bits per heavy atom. The van der Waals surface area contributed by atoms with Gasteiger partial charge in [-0.05, 0) is 12.1 Å². The number of hydrogen-bond acceptors (Lipinski definition) is 5. The summed E-state index contributed by atoms with van der Waals surface area (Å²) in [5.74, 6) is -5.94. The molecule has 2 atom stereocenters. The average molecular weight is 355 g/mol. The van der Waals surface area contributed by atoms with E-state index in [0.29, 0.717) is 5.56 Å². The number of aromatic nitrogens is 2. The minimum atomic E-state index is -4.70.